The molecule has 148 valence electrons. The molecule has 1 amide bonds. The molecule has 0 aliphatic rings. The molecule has 0 unspecified atom stereocenters. The molecule has 2 aromatic rings. The third-order valence-corrected chi connectivity index (χ3v) is 3.30. The fourth-order valence-electron chi connectivity index (χ4n) is 2.15. The zero-order valence-electron chi connectivity index (χ0n) is 14.4. The third-order valence-electron chi connectivity index (χ3n) is 3.30. The van der Waals surface area contributed by atoms with Gasteiger partial charge in [-0.05, 0) is 29.3 Å². The van der Waals surface area contributed by atoms with Crippen LogP contribution in [0.2, 0.25) is 0 Å². The highest BCUT2D eigenvalue weighted by Crippen LogP contribution is 2.25. The van der Waals surface area contributed by atoms with Gasteiger partial charge in [-0.3, -0.25) is 0 Å². The van der Waals surface area contributed by atoms with E-state index < -0.39 is 24.2 Å². The summed E-state index contributed by atoms with van der Waals surface area (Å²) in [5.74, 6) is -2.05. The average molecular weight is 395 g/mol. The minimum Gasteiger partial charge on any atom is -0.478 e. The van der Waals surface area contributed by atoms with E-state index in [0.29, 0.717) is 0 Å². The number of nitrogens with one attached hydrogen (secondary N) is 1. The number of aromatic carboxylic acids is 1. The van der Waals surface area contributed by atoms with Crippen molar-refractivity contribution in [1.82, 2.24) is 5.32 Å². The number of hydrogen-bond acceptors (Lipinski definition) is 4. The molecule has 0 aliphatic heterocycles. The first-order valence-corrected chi connectivity index (χ1v) is 7.98. The number of carboxylic acid groups (broad SMARTS) is 1. The average Bonchev–Trinajstić information content (AvgIpc) is 2.63. The quantitative estimate of drug-likeness (QED) is 0.733. The van der Waals surface area contributed by atoms with Crippen LogP contribution in [0.4, 0.5) is 18.0 Å². The lowest BCUT2D eigenvalue weighted by molar-refractivity contribution is -0.274. The molecule has 9 heteroatoms. The first-order chi connectivity index (χ1) is 13.2. The molecule has 0 atom stereocenters. The van der Waals surface area contributed by atoms with Gasteiger partial charge < -0.3 is 19.9 Å². The van der Waals surface area contributed by atoms with Crippen molar-refractivity contribution in [3.8, 4) is 5.75 Å². The number of alkyl carbamates (subject to hydrolysis) is 1. The molecule has 0 spiro atoms. The van der Waals surface area contributed by atoms with Crippen LogP contribution in [0.1, 0.15) is 21.5 Å². The van der Waals surface area contributed by atoms with Crippen LogP contribution in [0.15, 0.2) is 54.6 Å². The van der Waals surface area contributed by atoms with E-state index in [0.717, 1.165) is 17.7 Å². The maximum atomic E-state index is 12.3. The van der Waals surface area contributed by atoms with Crippen LogP contribution < -0.4 is 10.1 Å². The molecule has 0 saturated carbocycles. The molecule has 0 radical (unpaired) electrons. The molecule has 0 saturated heterocycles. The fourth-order valence-corrected chi connectivity index (χ4v) is 2.15. The summed E-state index contributed by atoms with van der Waals surface area (Å²) >= 11 is 0. The summed E-state index contributed by atoms with van der Waals surface area (Å²) in [7, 11) is 0. The van der Waals surface area contributed by atoms with Crippen LogP contribution in [0.25, 0.3) is 6.08 Å². The Labute approximate surface area is 158 Å². The third kappa shape index (κ3) is 7.40. The first kappa shape index (κ1) is 20.8. The number of carbonyl (C=O) groups is 2. The summed E-state index contributed by atoms with van der Waals surface area (Å²) in [6.45, 7) is 0.121. The minimum atomic E-state index is -4.94. The maximum Gasteiger partial charge on any atom is 0.573 e. The van der Waals surface area contributed by atoms with Crippen LogP contribution in [-0.2, 0) is 11.3 Å². The SMILES string of the molecule is O=C(NCC=Cc1cc(OC(F)(F)F)cc(C(=O)O)c1)OCc1ccccc1. The van der Waals surface area contributed by atoms with E-state index in [2.05, 4.69) is 10.1 Å². The molecular weight excluding hydrogens is 379 g/mol. The van der Waals surface area contributed by atoms with Gasteiger partial charge in [0.25, 0.3) is 0 Å². The minimum absolute atomic E-state index is 0.0282. The van der Waals surface area contributed by atoms with E-state index in [9.17, 15) is 22.8 Å². The number of benzene rings is 2. The maximum absolute atomic E-state index is 12.3. The Bertz CT molecular complexity index is 850. The van der Waals surface area contributed by atoms with Crippen molar-refractivity contribution in [3.63, 3.8) is 0 Å². The Morgan fingerprint density at radius 2 is 1.82 bits per heavy atom. The standard InChI is InChI=1S/C19H16F3NO5/c20-19(21,22)28-16-10-14(9-15(11-16)17(24)25)7-4-8-23-18(26)27-12-13-5-2-1-3-6-13/h1-7,9-11H,8,12H2,(H,23,26)(H,24,25). The van der Waals surface area contributed by atoms with Crippen molar-refractivity contribution in [2.24, 2.45) is 0 Å². The van der Waals surface area contributed by atoms with Crippen LogP contribution in [-0.4, -0.2) is 30.1 Å². The number of ether oxygens (including phenoxy) is 2. The van der Waals surface area contributed by atoms with E-state index in [-0.39, 0.29) is 24.3 Å². The number of hydrogen-bond donors (Lipinski definition) is 2. The van der Waals surface area contributed by atoms with Crippen molar-refractivity contribution in [3.05, 3.63) is 71.3 Å². The molecule has 2 aromatic carbocycles. The molecule has 2 rings (SSSR count). The van der Waals surface area contributed by atoms with Crippen LogP contribution in [0.3, 0.4) is 0 Å². The molecule has 0 bridgehead atoms. The zero-order chi connectivity index (χ0) is 20.6. The van der Waals surface area contributed by atoms with Gasteiger partial charge in [0.05, 0.1) is 5.56 Å². The molecule has 6 nitrogen and oxygen atoms in total. The number of amides is 1. The molecular formula is C19H16F3NO5. The van der Waals surface area contributed by atoms with Crippen molar-refractivity contribution in [1.29, 1.82) is 0 Å². The molecule has 0 aliphatic carbocycles. The highest BCUT2D eigenvalue weighted by molar-refractivity contribution is 5.89. The molecule has 0 heterocycles. The number of alkyl halides is 3. The second-order valence-electron chi connectivity index (χ2n) is 5.49. The summed E-state index contributed by atoms with van der Waals surface area (Å²) in [4.78, 5) is 22.6. The number of rotatable bonds is 7. The summed E-state index contributed by atoms with van der Waals surface area (Å²) in [6, 6.07) is 12.0. The van der Waals surface area contributed by atoms with Gasteiger partial charge in [0, 0.05) is 6.54 Å². The van der Waals surface area contributed by atoms with E-state index >= 15 is 0 Å². The van der Waals surface area contributed by atoms with Gasteiger partial charge in [0.1, 0.15) is 12.4 Å². The van der Waals surface area contributed by atoms with E-state index in [1.807, 2.05) is 6.07 Å². The van der Waals surface area contributed by atoms with Gasteiger partial charge in [-0.1, -0.05) is 42.5 Å². The zero-order valence-corrected chi connectivity index (χ0v) is 14.4. The van der Waals surface area contributed by atoms with Gasteiger partial charge in [-0.2, -0.15) is 0 Å². The Morgan fingerprint density at radius 3 is 2.46 bits per heavy atom. The van der Waals surface area contributed by atoms with E-state index in [1.54, 1.807) is 24.3 Å². The van der Waals surface area contributed by atoms with Crippen molar-refractivity contribution in [2.45, 2.75) is 13.0 Å². The summed E-state index contributed by atoms with van der Waals surface area (Å²) in [6.07, 6.45) is -2.83. The van der Waals surface area contributed by atoms with E-state index in [1.165, 1.54) is 18.2 Å². The van der Waals surface area contributed by atoms with Crippen LogP contribution >= 0.6 is 0 Å². The number of halogens is 3. The molecule has 0 aromatic heterocycles. The lowest BCUT2D eigenvalue weighted by Gasteiger charge is -2.10. The van der Waals surface area contributed by atoms with Crippen LogP contribution in [0.5, 0.6) is 5.75 Å². The normalized spacial score (nSPS) is 11.2. The first-order valence-electron chi connectivity index (χ1n) is 7.98. The Kier molecular flexibility index (Phi) is 7.02. The lowest BCUT2D eigenvalue weighted by atomic mass is 10.1. The highest BCUT2D eigenvalue weighted by Gasteiger charge is 2.31. The van der Waals surface area contributed by atoms with Crippen LogP contribution in [0, 0.1) is 0 Å². The number of carbonyl (C=O) groups excluding carboxylic acids is 1. The highest BCUT2D eigenvalue weighted by atomic mass is 19.4. The Morgan fingerprint density at radius 1 is 1.11 bits per heavy atom. The Hall–Kier alpha value is -3.49. The van der Waals surface area contributed by atoms with E-state index in [4.69, 9.17) is 9.84 Å². The number of carboxylic acids is 1. The molecule has 0 fully saturated rings. The summed E-state index contributed by atoms with van der Waals surface area (Å²) in [5, 5.41) is 11.4. The summed E-state index contributed by atoms with van der Waals surface area (Å²) in [5.41, 5.74) is 0.617. The van der Waals surface area contributed by atoms with Crippen molar-refractivity contribution in [2.75, 3.05) is 6.54 Å². The topological polar surface area (TPSA) is 84.9 Å². The fraction of sp³-hybridized carbons (Fsp3) is 0.158. The largest absolute Gasteiger partial charge is 0.573 e. The van der Waals surface area contributed by atoms with Gasteiger partial charge in [-0.25, -0.2) is 9.59 Å². The lowest BCUT2D eigenvalue weighted by Crippen LogP contribution is -2.24. The Balaban J connectivity index is 1.91. The van der Waals surface area contributed by atoms with Gasteiger partial charge in [-0.15, -0.1) is 13.2 Å². The monoisotopic (exact) mass is 395 g/mol. The van der Waals surface area contributed by atoms with Crippen molar-refractivity contribution < 1.29 is 37.3 Å². The predicted molar refractivity (Wildman–Crippen MR) is 93.7 cm³/mol. The van der Waals surface area contributed by atoms with Crippen molar-refractivity contribution >= 4 is 18.1 Å². The van der Waals surface area contributed by atoms with Gasteiger partial charge in [0.2, 0.25) is 0 Å². The molecule has 28 heavy (non-hydrogen) atoms. The van der Waals surface area contributed by atoms with Gasteiger partial charge in [0.15, 0.2) is 0 Å². The second kappa shape index (κ2) is 9.45. The smallest absolute Gasteiger partial charge is 0.478 e. The predicted octanol–water partition coefficient (Wildman–Crippen LogP) is 4.22. The second-order valence-corrected chi connectivity index (χ2v) is 5.49. The van der Waals surface area contributed by atoms with Gasteiger partial charge >= 0.3 is 18.4 Å². The summed E-state index contributed by atoms with van der Waals surface area (Å²) < 4.78 is 45.8. The molecule has 2 N–H and O–H groups in total.